The van der Waals surface area contributed by atoms with Crippen molar-refractivity contribution in [1.82, 2.24) is 0 Å². The van der Waals surface area contributed by atoms with Gasteiger partial charge in [-0.25, -0.2) is 4.39 Å². The molecule has 104 valence electrons. The highest BCUT2D eigenvalue weighted by Gasteiger charge is 2.17. The molecule has 0 bridgehead atoms. The van der Waals surface area contributed by atoms with Gasteiger partial charge in [-0.05, 0) is 49.2 Å². The van der Waals surface area contributed by atoms with Gasteiger partial charge < -0.3 is 4.74 Å². The van der Waals surface area contributed by atoms with Crippen LogP contribution in [-0.4, -0.2) is 12.9 Å². The molecule has 2 aromatic carbocycles. The molecule has 2 nitrogen and oxygen atoms in total. The maximum atomic E-state index is 13.9. The third-order valence-corrected chi connectivity index (χ3v) is 3.41. The minimum atomic E-state index is -0.690. The number of hydrogen-bond donors (Lipinski definition) is 0. The van der Waals surface area contributed by atoms with E-state index >= 15 is 0 Å². The Kier molecular flexibility index (Phi) is 4.09. The lowest BCUT2D eigenvalue weighted by atomic mass is 9.98. The predicted octanol–water partition coefficient (Wildman–Crippen LogP) is 4.34. The molecule has 0 heterocycles. The highest BCUT2D eigenvalue weighted by Crippen LogP contribution is 2.27. The number of hydrogen-bond acceptors (Lipinski definition) is 2. The maximum absolute atomic E-state index is 13.9. The van der Waals surface area contributed by atoms with Gasteiger partial charge in [0.05, 0.1) is 17.7 Å². The number of benzene rings is 2. The van der Waals surface area contributed by atoms with E-state index in [1.807, 2.05) is 13.8 Å². The summed E-state index contributed by atoms with van der Waals surface area (Å²) in [6, 6.07) is 7.78. The van der Waals surface area contributed by atoms with E-state index in [4.69, 9.17) is 16.3 Å². The van der Waals surface area contributed by atoms with E-state index in [0.717, 1.165) is 16.9 Å². The molecule has 0 atom stereocenters. The van der Waals surface area contributed by atoms with Crippen molar-refractivity contribution in [3.05, 3.63) is 63.4 Å². The summed E-state index contributed by atoms with van der Waals surface area (Å²) in [6.07, 6.45) is 0. The van der Waals surface area contributed by atoms with Crippen molar-refractivity contribution in [2.24, 2.45) is 0 Å². The molecule has 0 aliphatic heterocycles. The number of ether oxygens (including phenoxy) is 1. The van der Waals surface area contributed by atoms with Gasteiger partial charge >= 0.3 is 0 Å². The molecule has 0 saturated carbocycles. The number of carbonyl (C=O) groups is 1. The molecular formula is C16H14ClFO2. The molecule has 2 aromatic rings. The molecule has 2 rings (SSSR count). The van der Waals surface area contributed by atoms with E-state index in [0.29, 0.717) is 5.56 Å². The van der Waals surface area contributed by atoms with Crippen molar-refractivity contribution in [3.63, 3.8) is 0 Å². The van der Waals surface area contributed by atoms with Gasteiger partial charge in [0, 0.05) is 5.56 Å². The second kappa shape index (κ2) is 5.63. The third kappa shape index (κ3) is 2.54. The minimum absolute atomic E-state index is 0.0264. The predicted molar refractivity (Wildman–Crippen MR) is 77.3 cm³/mol. The first-order valence-corrected chi connectivity index (χ1v) is 6.47. The first-order valence-electron chi connectivity index (χ1n) is 6.09. The summed E-state index contributed by atoms with van der Waals surface area (Å²) < 4.78 is 19.2. The summed E-state index contributed by atoms with van der Waals surface area (Å²) in [7, 11) is 1.58. The quantitative estimate of drug-likeness (QED) is 0.787. The topological polar surface area (TPSA) is 26.3 Å². The van der Waals surface area contributed by atoms with Crippen LogP contribution in [0, 0.1) is 19.7 Å². The standard InChI is InChI=1S/C16H14ClFO2/c1-9-7-11(8-10(2)16(9)20-3)15(19)12-5-4-6-13(17)14(12)18/h4-8H,1-3H3. The molecule has 20 heavy (non-hydrogen) atoms. The molecule has 0 aromatic heterocycles. The second-order valence-electron chi connectivity index (χ2n) is 4.57. The molecule has 0 spiro atoms. The Morgan fingerprint density at radius 3 is 2.35 bits per heavy atom. The van der Waals surface area contributed by atoms with Crippen LogP contribution in [0.25, 0.3) is 0 Å². The van der Waals surface area contributed by atoms with Gasteiger partial charge in [-0.1, -0.05) is 17.7 Å². The number of rotatable bonds is 3. The van der Waals surface area contributed by atoms with Crippen molar-refractivity contribution < 1.29 is 13.9 Å². The molecule has 0 radical (unpaired) electrons. The fourth-order valence-corrected chi connectivity index (χ4v) is 2.41. The van der Waals surface area contributed by atoms with Gasteiger partial charge in [-0.2, -0.15) is 0 Å². The number of ketones is 1. The Bertz CT molecular complexity index is 657. The van der Waals surface area contributed by atoms with E-state index < -0.39 is 5.82 Å². The van der Waals surface area contributed by atoms with E-state index in [2.05, 4.69) is 0 Å². The van der Waals surface area contributed by atoms with E-state index in [1.165, 1.54) is 12.1 Å². The van der Waals surface area contributed by atoms with Crippen molar-refractivity contribution in [1.29, 1.82) is 0 Å². The molecule has 0 N–H and O–H groups in total. The van der Waals surface area contributed by atoms with E-state index in [1.54, 1.807) is 25.3 Å². The Hall–Kier alpha value is -1.87. The highest BCUT2D eigenvalue weighted by atomic mass is 35.5. The summed E-state index contributed by atoms with van der Waals surface area (Å²) in [6.45, 7) is 3.69. The van der Waals surface area contributed by atoms with Crippen molar-refractivity contribution in [2.45, 2.75) is 13.8 Å². The molecule has 0 unspecified atom stereocenters. The van der Waals surface area contributed by atoms with Crippen LogP contribution in [0.15, 0.2) is 30.3 Å². The maximum Gasteiger partial charge on any atom is 0.196 e. The SMILES string of the molecule is COc1c(C)cc(C(=O)c2cccc(Cl)c2F)cc1C. The molecule has 4 heteroatoms. The lowest BCUT2D eigenvalue weighted by Crippen LogP contribution is -2.06. The zero-order valence-corrected chi connectivity index (χ0v) is 12.2. The monoisotopic (exact) mass is 292 g/mol. The van der Waals surface area contributed by atoms with Crippen LogP contribution in [0.5, 0.6) is 5.75 Å². The lowest BCUT2D eigenvalue weighted by molar-refractivity contribution is 0.103. The number of methoxy groups -OCH3 is 1. The Morgan fingerprint density at radius 2 is 1.80 bits per heavy atom. The summed E-state index contributed by atoms with van der Waals surface area (Å²) in [5, 5.41) is -0.0576. The fraction of sp³-hybridized carbons (Fsp3) is 0.188. The number of aryl methyl sites for hydroxylation is 2. The molecule has 0 fully saturated rings. The van der Waals surface area contributed by atoms with Gasteiger partial charge in [0.1, 0.15) is 5.75 Å². The van der Waals surface area contributed by atoms with Crippen LogP contribution in [-0.2, 0) is 0 Å². The Labute approximate surface area is 122 Å². The van der Waals surface area contributed by atoms with Gasteiger partial charge in [0.25, 0.3) is 0 Å². The van der Waals surface area contributed by atoms with Crippen LogP contribution in [0.2, 0.25) is 5.02 Å². The van der Waals surface area contributed by atoms with Crippen LogP contribution in [0.3, 0.4) is 0 Å². The zero-order chi connectivity index (χ0) is 14.9. The van der Waals surface area contributed by atoms with Gasteiger partial charge in [-0.3, -0.25) is 4.79 Å². The smallest absolute Gasteiger partial charge is 0.196 e. The minimum Gasteiger partial charge on any atom is -0.496 e. The second-order valence-corrected chi connectivity index (χ2v) is 4.98. The highest BCUT2D eigenvalue weighted by molar-refractivity contribution is 6.31. The molecule has 0 aliphatic rings. The molecule has 0 saturated heterocycles. The average Bonchev–Trinajstić information content (AvgIpc) is 2.41. The van der Waals surface area contributed by atoms with Gasteiger partial charge in [0.15, 0.2) is 11.6 Å². The molecule has 0 aliphatic carbocycles. The van der Waals surface area contributed by atoms with Gasteiger partial charge in [-0.15, -0.1) is 0 Å². The molecule has 0 amide bonds. The zero-order valence-electron chi connectivity index (χ0n) is 11.5. The number of halogens is 2. The summed E-state index contributed by atoms with van der Waals surface area (Å²) in [5.74, 6) is -0.350. The van der Waals surface area contributed by atoms with Crippen LogP contribution in [0.4, 0.5) is 4.39 Å². The lowest BCUT2D eigenvalue weighted by Gasteiger charge is -2.11. The van der Waals surface area contributed by atoms with Crippen molar-refractivity contribution in [2.75, 3.05) is 7.11 Å². The van der Waals surface area contributed by atoms with Crippen LogP contribution in [0.1, 0.15) is 27.0 Å². The first kappa shape index (κ1) is 14.5. The fourth-order valence-electron chi connectivity index (χ4n) is 2.24. The van der Waals surface area contributed by atoms with E-state index in [-0.39, 0.29) is 16.4 Å². The largest absolute Gasteiger partial charge is 0.496 e. The summed E-state index contributed by atoms with van der Waals surface area (Å²) >= 11 is 5.71. The summed E-state index contributed by atoms with van der Waals surface area (Å²) in [5.41, 5.74) is 2.06. The van der Waals surface area contributed by atoms with Crippen LogP contribution < -0.4 is 4.74 Å². The van der Waals surface area contributed by atoms with E-state index in [9.17, 15) is 9.18 Å². The van der Waals surface area contributed by atoms with Gasteiger partial charge in [0.2, 0.25) is 0 Å². The Morgan fingerprint density at radius 1 is 1.20 bits per heavy atom. The Balaban J connectivity index is 2.52. The first-order chi connectivity index (χ1) is 9.45. The normalized spacial score (nSPS) is 10.4. The third-order valence-electron chi connectivity index (χ3n) is 3.12. The summed E-state index contributed by atoms with van der Waals surface area (Å²) in [4.78, 5) is 12.4. The van der Waals surface area contributed by atoms with Crippen LogP contribution >= 0.6 is 11.6 Å². The average molecular weight is 293 g/mol. The number of carbonyl (C=O) groups excluding carboxylic acids is 1. The van der Waals surface area contributed by atoms with Crippen molar-refractivity contribution in [3.8, 4) is 5.75 Å². The molecular weight excluding hydrogens is 279 g/mol. The van der Waals surface area contributed by atoms with Crippen molar-refractivity contribution >= 4 is 17.4 Å².